The second-order valence-corrected chi connectivity index (χ2v) is 4.47. The molecule has 0 radical (unpaired) electrons. The minimum atomic E-state index is -0.306. The van der Waals surface area contributed by atoms with Crippen LogP contribution in [0, 0.1) is 5.82 Å². The average molecular weight is 237 g/mol. The summed E-state index contributed by atoms with van der Waals surface area (Å²) < 4.78 is 14.6. The lowest BCUT2D eigenvalue weighted by atomic mass is 10.3. The van der Waals surface area contributed by atoms with E-state index in [0.29, 0.717) is 5.69 Å². The quantitative estimate of drug-likeness (QED) is 0.658. The highest BCUT2D eigenvalue weighted by Gasteiger charge is 2.03. The van der Waals surface area contributed by atoms with Gasteiger partial charge in [0.15, 0.2) is 0 Å². The van der Waals surface area contributed by atoms with Crippen molar-refractivity contribution in [2.45, 2.75) is 10.6 Å². The fraction of sp³-hybridized carbons (Fsp3) is 0.182. The van der Waals surface area contributed by atoms with Gasteiger partial charge in [-0.3, -0.25) is 4.68 Å². The zero-order valence-electron chi connectivity index (χ0n) is 8.85. The van der Waals surface area contributed by atoms with E-state index in [1.54, 1.807) is 22.5 Å². The van der Waals surface area contributed by atoms with Gasteiger partial charge in [-0.05, 0) is 24.3 Å². The lowest BCUT2D eigenvalue weighted by Gasteiger charge is -2.03. The Morgan fingerprint density at radius 1 is 1.44 bits per heavy atom. The molecule has 1 aromatic heterocycles. The molecule has 3 nitrogen and oxygen atoms in total. The van der Waals surface area contributed by atoms with Gasteiger partial charge in [0.1, 0.15) is 5.82 Å². The third kappa shape index (κ3) is 2.55. The van der Waals surface area contributed by atoms with Crippen LogP contribution in [0.15, 0.2) is 35.4 Å². The molecule has 2 N–H and O–H groups in total. The summed E-state index contributed by atoms with van der Waals surface area (Å²) in [4.78, 5) is 0.882. The first-order valence-electron chi connectivity index (χ1n) is 4.81. The van der Waals surface area contributed by atoms with Crippen LogP contribution in [0.4, 0.5) is 10.1 Å². The van der Waals surface area contributed by atoms with E-state index in [-0.39, 0.29) is 5.82 Å². The smallest absolute Gasteiger partial charge is 0.125 e. The summed E-state index contributed by atoms with van der Waals surface area (Å²) in [6, 6.07) is 6.39. The van der Waals surface area contributed by atoms with Crippen LogP contribution in [-0.2, 0) is 12.8 Å². The van der Waals surface area contributed by atoms with E-state index in [0.717, 1.165) is 16.3 Å². The molecule has 2 rings (SSSR count). The first-order valence-corrected chi connectivity index (χ1v) is 5.80. The molecule has 0 aliphatic heterocycles. The maximum atomic E-state index is 12.8. The van der Waals surface area contributed by atoms with Gasteiger partial charge in [-0.25, -0.2) is 4.39 Å². The van der Waals surface area contributed by atoms with Crippen LogP contribution in [-0.4, -0.2) is 9.78 Å². The Labute approximate surface area is 97.5 Å². The maximum Gasteiger partial charge on any atom is 0.125 e. The summed E-state index contributed by atoms with van der Waals surface area (Å²) >= 11 is 1.55. The molecule has 84 valence electrons. The molecule has 1 heterocycles. The van der Waals surface area contributed by atoms with Crippen LogP contribution in [0.1, 0.15) is 5.69 Å². The molecule has 0 saturated carbocycles. The molecule has 16 heavy (non-hydrogen) atoms. The second-order valence-electron chi connectivity index (χ2n) is 3.45. The molecule has 0 saturated heterocycles. The van der Waals surface area contributed by atoms with Crippen molar-refractivity contribution in [2.24, 2.45) is 7.05 Å². The van der Waals surface area contributed by atoms with Gasteiger partial charge in [0.05, 0.1) is 5.69 Å². The topological polar surface area (TPSA) is 43.8 Å². The summed E-state index contributed by atoms with van der Waals surface area (Å²) in [5.41, 5.74) is 7.16. The lowest BCUT2D eigenvalue weighted by Crippen LogP contribution is -1.92. The van der Waals surface area contributed by atoms with E-state index in [9.17, 15) is 4.39 Å². The summed E-state index contributed by atoms with van der Waals surface area (Å²) in [6.07, 6.45) is 1.89. The molecule has 0 aliphatic carbocycles. The number of nitrogen functional groups attached to an aromatic ring is 1. The molecule has 2 aromatic rings. The Kier molecular flexibility index (Phi) is 3.14. The summed E-state index contributed by atoms with van der Waals surface area (Å²) in [6.45, 7) is 0. The molecular weight excluding hydrogens is 225 g/mol. The van der Waals surface area contributed by atoms with E-state index < -0.39 is 0 Å². The molecule has 1 aromatic carbocycles. The van der Waals surface area contributed by atoms with Crippen molar-refractivity contribution in [2.75, 3.05) is 5.73 Å². The van der Waals surface area contributed by atoms with Crippen LogP contribution in [0.3, 0.4) is 0 Å². The highest BCUT2D eigenvalue weighted by molar-refractivity contribution is 7.98. The van der Waals surface area contributed by atoms with Crippen molar-refractivity contribution in [3.05, 3.63) is 42.0 Å². The molecule has 0 fully saturated rings. The Bertz CT molecular complexity index is 496. The normalized spacial score (nSPS) is 10.6. The van der Waals surface area contributed by atoms with E-state index >= 15 is 0 Å². The van der Waals surface area contributed by atoms with Crippen LogP contribution in [0.5, 0.6) is 0 Å². The average Bonchev–Trinajstić information content (AvgIpc) is 2.63. The van der Waals surface area contributed by atoms with Crippen molar-refractivity contribution in [3.63, 3.8) is 0 Å². The third-order valence-corrected chi connectivity index (χ3v) is 3.24. The third-order valence-electron chi connectivity index (χ3n) is 2.12. The van der Waals surface area contributed by atoms with Gasteiger partial charge in [-0.1, -0.05) is 0 Å². The number of anilines is 1. The summed E-state index contributed by atoms with van der Waals surface area (Å²) in [7, 11) is 1.88. The standard InChI is InChI=1S/C11H12FN3S/c1-15-5-4-9(14-15)7-16-11-3-2-8(12)6-10(11)13/h2-6H,7,13H2,1H3. The monoisotopic (exact) mass is 237 g/mol. The molecule has 5 heteroatoms. The molecule has 0 spiro atoms. The number of hydrogen-bond acceptors (Lipinski definition) is 3. The highest BCUT2D eigenvalue weighted by atomic mass is 32.2. The molecule has 0 atom stereocenters. The first kappa shape index (κ1) is 11.0. The largest absolute Gasteiger partial charge is 0.398 e. The van der Waals surface area contributed by atoms with Crippen LogP contribution < -0.4 is 5.73 Å². The number of aryl methyl sites for hydroxylation is 1. The minimum absolute atomic E-state index is 0.306. The number of nitrogens with zero attached hydrogens (tertiary/aromatic N) is 2. The SMILES string of the molecule is Cn1ccc(CSc2ccc(F)cc2N)n1. The fourth-order valence-corrected chi connectivity index (χ4v) is 2.19. The van der Waals surface area contributed by atoms with Crippen LogP contribution in [0.25, 0.3) is 0 Å². The second kappa shape index (κ2) is 4.57. The first-order chi connectivity index (χ1) is 7.65. The van der Waals surface area contributed by atoms with Crippen molar-refractivity contribution in [1.82, 2.24) is 9.78 Å². The number of hydrogen-bond donors (Lipinski definition) is 1. The summed E-state index contributed by atoms with van der Waals surface area (Å²) in [5.74, 6) is 0.427. The lowest BCUT2D eigenvalue weighted by molar-refractivity contribution is 0.627. The fourth-order valence-electron chi connectivity index (χ4n) is 1.34. The van der Waals surface area contributed by atoms with Gasteiger partial charge in [0.25, 0.3) is 0 Å². The van der Waals surface area contributed by atoms with Crippen molar-refractivity contribution in [1.29, 1.82) is 0 Å². The van der Waals surface area contributed by atoms with Gasteiger partial charge in [-0.2, -0.15) is 5.10 Å². The maximum absolute atomic E-state index is 12.8. The molecule has 0 bridgehead atoms. The van der Waals surface area contributed by atoms with E-state index in [1.807, 2.05) is 19.3 Å². The summed E-state index contributed by atoms with van der Waals surface area (Å²) in [5, 5.41) is 4.25. The number of thioether (sulfide) groups is 1. The van der Waals surface area contributed by atoms with Gasteiger partial charge in [0, 0.05) is 29.6 Å². The number of benzene rings is 1. The zero-order chi connectivity index (χ0) is 11.5. The van der Waals surface area contributed by atoms with E-state index in [1.165, 1.54) is 12.1 Å². The molecule has 0 unspecified atom stereocenters. The Balaban J connectivity index is 2.04. The number of aromatic nitrogens is 2. The molecule has 0 amide bonds. The van der Waals surface area contributed by atoms with E-state index in [2.05, 4.69) is 5.10 Å². The number of halogens is 1. The van der Waals surface area contributed by atoms with Crippen molar-refractivity contribution < 1.29 is 4.39 Å². The number of rotatable bonds is 3. The van der Waals surface area contributed by atoms with Crippen molar-refractivity contribution >= 4 is 17.4 Å². The minimum Gasteiger partial charge on any atom is -0.398 e. The van der Waals surface area contributed by atoms with Gasteiger partial charge in [0.2, 0.25) is 0 Å². The Morgan fingerprint density at radius 2 is 2.25 bits per heavy atom. The number of nitrogens with two attached hydrogens (primary N) is 1. The van der Waals surface area contributed by atoms with Gasteiger partial charge < -0.3 is 5.73 Å². The predicted octanol–water partition coefficient (Wildman–Crippen LogP) is 2.43. The molecule has 0 aliphatic rings. The zero-order valence-corrected chi connectivity index (χ0v) is 9.67. The van der Waals surface area contributed by atoms with E-state index in [4.69, 9.17) is 5.73 Å². The van der Waals surface area contributed by atoms with Crippen molar-refractivity contribution in [3.8, 4) is 0 Å². The Hall–Kier alpha value is -1.49. The highest BCUT2D eigenvalue weighted by Crippen LogP contribution is 2.27. The van der Waals surface area contributed by atoms with Gasteiger partial charge >= 0.3 is 0 Å². The van der Waals surface area contributed by atoms with Crippen LogP contribution >= 0.6 is 11.8 Å². The molecular formula is C11H12FN3S. The van der Waals surface area contributed by atoms with Crippen LogP contribution in [0.2, 0.25) is 0 Å². The predicted molar refractivity (Wildman–Crippen MR) is 63.6 cm³/mol. The van der Waals surface area contributed by atoms with Gasteiger partial charge in [-0.15, -0.1) is 11.8 Å². The Morgan fingerprint density at radius 3 is 2.88 bits per heavy atom.